The molecule has 21 heavy (non-hydrogen) atoms. The number of hydrogen-bond donors (Lipinski definition) is 3. The first-order chi connectivity index (χ1) is 10.1. The molecule has 112 valence electrons. The third kappa shape index (κ3) is 4.15. The Labute approximate surface area is 132 Å². The van der Waals surface area contributed by atoms with E-state index in [4.69, 9.17) is 16.6 Å². The predicted molar refractivity (Wildman–Crippen MR) is 88.6 cm³/mol. The molecule has 0 atom stereocenters. The summed E-state index contributed by atoms with van der Waals surface area (Å²) in [5, 5.41) is 8.84. The zero-order valence-electron chi connectivity index (χ0n) is 11.7. The molecule has 0 bridgehead atoms. The molecule has 0 amide bonds. The molecule has 0 unspecified atom stereocenters. The van der Waals surface area contributed by atoms with E-state index in [-0.39, 0.29) is 12.6 Å². The van der Waals surface area contributed by atoms with Crippen LogP contribution in [-0.4, -0.2) is 21.7 Å². The lowest BCUT2D eigenvalue weighted by atomic mass is 10.0. The highest BCUT2D eigenvalue weighted by Gasteiger charge is 2.13. The quantitative estimate of drug-likeness (QED) is 0.695. The fraction of sp³-hybridized carbons (Fsp3) is 0.333. The van der Waals surface area contributed by atoms with E-state index in [1.807, 2.05) is 24.3 Å². The number of anilines is 2. The number of aliphatic hydroxyl groups is 1. The molecule has 1 heterocycles. The summed E-state index contributed by atoms with van der Waals surface area (Å²) in [6, 6.07) is 7.88. The maximum Gasteiger partial charge on any atom is 0.222 e. The van der Waals surface area contributed by atoms with Crippen molar-refractivity contribution in [3.63, 3.8) is 0 Å². The highest BCUT2D eigenvalue weighted by Crippen LogP contribution is 2.30. The van der Waals surface area contributed by atoms with Gasteiger partial charge in [-0.1, -0.05) is 34.5 Å². The van der Waals surface area contributed by atoms with Gasteiger partial charge in [0.25, 0.3) is 0 Å². The van der Waals surface area contributed by atoms with Gasteiger partial charge < -0.3 is 16.6 Å². The molecule has 0 saturated carbocycles. The maximum atomic E-state index is 8.84. The Morgan fingerprint density at radius 2 is 1.71 bits per heavy atom. The Kier molecular flexibility index (Phi) is 5.52. The van der Waals surface area contributed by atoms with Gasteiger partial charge >= 0.3 is 0 Å². The Morgan fingerprint density at radius 1 is 1.00 bits per heavy atom. The van der Waals surface area contributed by atoms with Gasteiger partial charge in [-0.3, -0.25) is 0 Å². The molecule has 2 rings (SSSR count). The summed E-state index contributed by atoms with van der Waals surface area (Å²) in [4.78, 5) is 8.41. The van der Waals surface area contributed by atoms with Crippen molar-refractivity contribution in [1.82, 2.24) is 9.97 Å². The minimum Gasteiger partial charge on any atom is -0.396 e. The number of nitrogens with zero attached hydrogens (tertiary/aromatic N) is 2. The number of nitrogen functional groups attached to an aromatic ring is 2. The largest absolute Gasteiger partial charge is 0.396 e. The van der Waals surface area contributed by atoms with E-state index in [9.17, 15) is 0 Å². The Balaban J connectivity index is 2.31. The van der Waals surface area contributed by atoms with Crippen LogP contribution in [0.3, 0.4) is 0 Å². The fourth-order valence-electron chi connectivity index (χ4n) is 2.24. The van der Waals surface area contributed by atoms with Crippen molar-refractivity contribution in [2.45, 2.75) is 25.7 Å². The summed E-state index contributed by atoms with van der Waals surface area (Å²) in [5.41, 5.74) is 14.4. The highest BCUT2D eigenvalue weighted by atomic mass is 79.9. The SMILES string of the molecule is Nc1nc(N)c(-c2ccc(Br)cc2)c(CCCCCO)n1. The van der Waals surface area contributed by atoms with Crippen LogP contribution in [0.15, 0.2) is 28.7 Å². The summed E-state index contributed by atoms with van der Waals surface area (Å²) in [6.45, 7) is 0.216. The first kappa shape index (κ1) is 15.7. The van der Waals surface area contributed by atoms with E-state index < -0.39 is 0 Å². The number of benzene rings is 1. The van der Waals surface area contributed by atoms with E-state index in [1.54, 1.807) is 0 Å². The van der Waals surface area contributed by atoms with Crippen LogP contribution in [0.4, 0.5) is 11.8 Å². The van der Waals surface area contributed by atoms with Crippen LogP contribution in [-0.2, 0) is 6.42 Å². The fourth-order valence-corrected chi connectivity index (χ4v) is 2.50. The average molecular weight is 351 g/mol. The molecule has 6 heteroatoms. The normalized spacial score (nSPS) is 10.8. The summed E-state index contributed by atoms with van der Waals surface area (Å²) < 4.78 is 1.01. The second kappa shape index (κ2) is 7.38. The molecule has 5 N–H and O–H groups in total. The summed E-state index contributed by atoms with van der Waals surface area (Å²) in [6.07, 6.45) is 3.44. The topological polar surface area (TPSA) is 98.0 Å². The second-order valence-corrected chi connectivity index (χ2v) is 5.75. The number of hydrogen-bond acceptors (Lipinski definition) is 5. The average Bonchev–Trinajstić information content (AvgIpc) is 2.45. The first-order valence-electron chi connectivity index (χ1n) is 6.90. The van der Waals surface area contributed by atoms with Gasteiger partial charge in [0.1, 0.15) is 5.82 Å². The molecule has 0 aliphatic carbocycles. The van der Waals surface area contributed by atoms with E-state index in [0.29, 0.717) is 5.82 Å². The molecule has 0 fully saturated rings. The van der Waals surface area contributed by atoms with Crippen molar-refractivity contribution in [1.29, 1.82) is 0 Å². The molecule has 1 aromatic heterocycles. The molecule has 0 radical (unpaired) electrons. The zero-order chi connectivity index (χ0) is 15.2. The standard InChI is InChI=1S/C15H19BrN4O/c16-11-7-5-10(6-8-11)13-12(4-2-1-3-9-21)19-15(18)20-14(13)17/h5-8,21H,1-4,9H2,(H4,17,18,19,20). The third-order valence-electron chi connectivity index (χ3n) is 3.23. The minimum atomic E-state index is 0.200. The van der Waals surface area contributed by atoms with Gasteiger partial charge in [-0.25, -0.2) is 4.98 Å². The van der Waals surface area contributed by atoms with Crippen LogP contribution < -0.4 is 11.5 Å². The second-order valence-electron chi connectivity index (χ2n) is 4.83. The van der Waals surface area contributed by atoms with E-state index >= 15 is 0 Å². The Bertz CT molecular complexity index is 601. The van der Waals surface area contributed by atoms with E-state index in [2.05, 4.69) is 25.9 Å². The molecule has 0 aliphatic rings. The van der Waals surface area contributed by atoms with Crippen molar-refractivity contribution in [3.8, 4) is 11.1 Å². The number of aliphatic hydroxyl groups excluding tert-OH is 1. The molecule has 5 nitrogen and oxygen atoms in total. The van der Waals surface area contributed by atoms with Crippen molar-refractivity contribution in [2.24, 2.45) is 0 Å². The maximum absolute atomic E-state index is 8.84. The molecule has 1 aromatic carbocycles. The van der Waals surface area contributed by atoms with Crippen LogP contribution >= 0.6 is 15.9 Å². The Morgan fingerprint density at radius 3 is 2.38 bits per heavy atom. The monoisotopic (exact) mass is 350 g/mol. The highest BCUT2D eigenvalue weighted by molar-refractivity contribution is 9.10. The number of nitrogens with two attached hydrogens (primary N) is 2. The minimum absolute atomic E-state index is 0.200. The van der Waals surface area contributed by atoms with Crippen molar-refractivity contribution >= 4 is 27.7 Å². The number of halogens is 1. The number of rotatable bonds is 6. The van der Waals surface area contributed by atoms with Gasteiger partial charge in [-0.2, -0.15) is 4.98 Å². The van der Waals surface area contributed by atoms with Gasteiger partial charge in [0.2, 0.25) is 5.95 Å². The predicted octanol–water partition coefficient (Wildman–Crippen LogP) is 2.78. The van der Waals surface area contributed by atoms with E-state index in [1.165, 1.54) is 0 Å². The van der Waals surface area contributed by atoms with E-state index in [0.717, 1.165) is 47.0 Å². The van der Waals surface area contributed by atoms with Crippen LogP contribution in [0, 0.1) is 0 Å². The number of aromatic nitrogens is 2. The molecule has 0 saturated heterocycles. The van der Waals surface area contributed by atoms with Crippen LogP contribution in [0.5, 0.6) is 0 Å². The van der Waals surface area contributed by atoms with Gasteiger partial charge in [-0.15, -0.1) is 0 Å². The van der Waals surface area contributed by atoms with Crippen molar-refractivity contribution in [3.05, 3.63) is 34.4 Å². The van der Waals surface area contributed by atoms with Gasteiger partial charge in [-0.05, 0) is 37.0 Å². The zero-order valence-corrected chi connectivity index (χ0v) is 13.3. The lowest BCUT2D eigenvalue weighted by molar-refractivity contribution is 0.283. The summed E-state index contributed by atoms with van der Waals surface area (Å²) >= 11 is 3.42. The smallest absolute Gasteiger partial charge is 0.222 e. The molecule has 0 aliphatic heterocycles. The van der Waals surface area contributed by atoms with Crippen LogP contribution in [0.2, 0.25) is 0 Å². The van der Waals surface area contributed by atoms with Gasteiger partial charge in [0, 0.05) is 16.6 Å². The lowest BCUT2D eigenvalue weighted by Gasteiger charge is -2.12. The molecular weight excluding hydrogens is 332 g/mol. The lowest BCUT2D eigenvalue weighted by Crippen LogP contribution is -2.07. The number of unbranched alkanes of at least 4 members (excludes halogenated alkanes) is 2. The summed E-state index contributed by atoms with van der Waals surface area (Å²) in [5.74, 6) is 0.604. The third-order valence-corrected chi connectivity index (χ3v) is 3.76. The van der Waals surface area contributed by atoms with Crippen molar-refractivity contribution < 1.29 is 5.11 Å². The molecule has 0 spiro atoms. The first-order valence-corrected chi connectivity index (χ1v) is 7.69. The van der Waals surface area contributed by atoms with Gasteiger partial charge in [0.05, 0.1) is 5.69 Å². The Hall–Kier alpha value is -1.66. The van der Waals surface area contributed by atoms with Gasteiger partial charge in [0.15, 0.2) is 0 Å². The molecule has 2 aromatic rings. The number of aryl methyl sites for hydroxylation is 1. The van der Waals surface area contributed by atoms with Crippen LogP contribution in [0.25, 0.3) is 11.1 Å². The van der Waals surface area contributed by atoms with Crippen LogP contribution in [0.1, 0.15) is 25.0 Å². The van der Waals surface area contributed by atoms with Crippen molar-refractivity contribution in [2.75, 3.05) is 18.1 Å². The summed E-state index contributed by atoms with van der Waals surface area (Å²) in [7, 11) is 0. The molecular formula is C15H19BrN4O.